The molecule has 0 radical (unpaired) electrons. The van der Waals surface area contributed by atoms with Gasteiger partial charge in [0.1, 0.15) is 0 Å². The summed E-state index contributed by atoms with van der Waals surface area (Å²) < 4.78 is 0. The third-order valence-corrected chi connectivity index (χ3v) is 5.67. The minimum atomic E-state index is 0.592. The summed E-state index contributed by atoms with van der Waals surface area (Å²) in [5.41, 5.74) is 0.592. The lowest BCUT2D eigenvalue weighted by atomic mass is 9.48. The molecule has 0 aliphatic heterocycles. The average Bonchev–Trinajstić information content (AvgIpc) is 2.12. The molecular weight excluding hydrogens is 170 g/mol. The van der Waals surface area contributed by atoms with Crippen LogP contribution in [-0.4, -0.2) is 24.5 Å². The normalized spacial score (nSPS) is 55.7. The minimum absolute atomic E-state index is 0.592. The third-order valence-electron chi connectivity index (χ3n) is 5.67. The Kier molecular flexibility index (Phi) is 1.81. The second kappa shape index (κ2) is 2.75. The highest BCUT2D eigenvalue weighted by atomic mass is 15.2. The first kappa shape index (κ1) is 9.21. The van der Waals surface area contributed by atoms with Gasteiger partial charge in [-0.25, -0.2) is 0 Å². The van der Waals surface area contributed by atoms with Crippen molar-refractivity contribution in [2.45, 2.75) is 44.6 Å². The Morgan fingerprint density at radius 2 is 1.57 bits per heavy atom. The van der Waals surface area contributed by atoms with Crippen molar-refractivity contribution in [2.75, 3.05) is 14.1 Å². The molecule has 0 spiro atoms. The lowest BCUT2D eigenvalue weighted by molar-refractivity contribution is -0.114. The van der Waals surface area contributed by atoms with Crippen LogP contribution in [0.5, 0.6) is 0 Å². The van der Waals surface area contributed by atoms with Crippen molar-refractivity contribution in [3.05, 3.63) is 0 Å². The monoisotopic (exact) mass is 193 g/mol. The van der Waals surface area contributed by atoms with E-state index >= 15 is 0 Å². The molecule has 3 unspecified atom stereocenters. The van der Waals surface area contributed by atoms with Gasteiger partial charge in [0.2, 0.25) is 0 Å². The number of hydrogen-bond donors (Lipinski definition) is 0. The van der Waals surface area contributed by atoms with E-state index in [4.69, 9.17) is 0 Å². The largest absolute Gasteiger partial charge is 0.303 e. The summed E-state index contributed by atoms with van der Waals surface area (Å²) in [6, 6.07) is 0. The topological polar surface area (TPSA) is 3.24 Å². The molecule has 4 saturated carbocycles. The van der Waals surface area contributed by atoms with Gasteiger partial charge in [-0.2, -0.15) is 0 Å². The van der Waals surface area contributed by atoms with Crippen LogP contribution in [0.1, 0.15) is 39.0 Å². The fraction of sp³-hybridized carbons (Fsp3) is 1.00. The van der Waals surface area contributed by atoms with Gasteiger partial charge >= 0.3 is 0 Å². The zero-order chi connectivity index (χ0) is 9.92. The zero-order valence-corrected chi connectivity index (χ0v) is 9.79. The van der Waals surface area contributed by atoms with Gasteiger partial charge in [0.25, 0.3) is 0 Å². The molecule has 0 N–H and O–H groups in total. The summed E-state index contributed by atoms with van der Waals surface area (Å²) in [6.07, 6.45) is 7.64. The molecule has 4 bridgehead atoms. The molecular formula is C13H23N. The maximum absolute atomic E-state index is 2.56. The van der Waals surface area contributed by atoms with Crippen molar-refractivity contribution in [1.82, 2.24) is 4.90 Å². The quantitative estimate of drug-likeness (QED) is 0.619. The SMILES string of the molecule is CC1C2CC3CC(C2)CC1(N(C)C)C3. The second-order valence-electron chi connectivity index (χ2n) is 6.39. The highest BCUT2D eigenvalue weighted by Crippen LogP contribution is 2.59. The molecule has 1 nitrogen and oxygen atoms in total. The van der Waals surface area contributed by atoms with Gasteiger partial charge in [-0.1, -0.05) is 6.92 Å². The van der Waals surface area contributed by atoms with Gasteiger partial charge in [0.15, 0.2) is 0 Å². The van der Waals surface area contributed by atoms with Crippen molar-refractivity contribution in [3.8, 4) is 0 Å². The van der Waals surface area contributed by atoms with Gasteiger partial charge in [-0.15, -0.1) is 0 Å². The van der Waals surface area contributed by atoms with E-state index < -0.39 is 0 Å². The van der Waals surface area contributed by atoms with Crippen LogP contribution < -0.4 is 0 Å². The summed E-state index contributed by atoms with van der Waals surface area (Å²) in [7, 11) is 4.62. The van der Waals surface area contributed by atoms with Gasteiger partial charge in [0, 0.05) is 5.54 Å². The molecule has 4 aliphatic carbocycles. The predicted octanol–water partition coefficient (Wildman–Crippen LogP) is 2.76. The molecule has 0 aromatic rings. The van der Waals surface area contributed by atoms with E-state index in [2.05, 4.69) is 25.9 Å². The van der Waals surface area contributed by atoms with Crippen molar-refractivity contribution < 1.29 is 0 Å². The van der Waals surface area contributed by atoms with Gasteiger partial charge in [-0.3, -0.25) is 0 Å². The van der Waals surface area contributed by atoms with Gasteiger partial charge in [0.05, 0.1) is 0 Å². The molecule has 0 aromatic carbocycles. The van der Waals surface area contributed by atoms with Gasteiger partial charge in [-0.05, 0) is 69.9 Å². The maximum Gasteiger partial charge on any atom is 0.0236 e. The van der Waals surface area contributed by atoms with Crippen LogP contribution in [0.4, 0.5) is 0 Å². The Morgan fingerprint density at radius 1 is 1.00 bits per heavy atom. The number of hydrogen-bond acceptors (Lipinski definition) is 1. The highest BCUT2D eigenvalue weighted by molar-refractivity contribution is 5.09. The smallest absolute Gasteiger partial charge is 0.0236 e. The molecule has 0 aromatic heterocycles. The fourth-order valence-electron chi connectivity index (χ4n) is 5.02. The second-order valence-corrected chi connectivity index (χ2v) is 6.39. The lowest BCUT2D eigenvalue weighted by Gasteiger charge is -2.63. The Morgan fingerprint density at radius 3 is 2.07 bits per heavy atom. The number of rotatable bonds is 1. The highest BCUT2D eigenvalue weighted by Gasteiger charge is 2.56. The summed E-state index contributed by atoms with van der Waals surface area (Å²) >= 11 is 0. The summed E-state index contributed by atoms with van der Waals surface area (Å²) in [5, 5.41) is 0. The predicted molar refractivity (Wildman–Crippen MR) is 59.1 cm³/mol. The first-order valence-corrected chi connectivity index (χ1v) is 6.29. The van der Waals surface area contributed by atoms with Crippen molar-refractivity contribution in [2.24, 2.45) is 23.7 Å². The van der Waals surface area contributed by atoms with Crippen LogP contribution >= 0.6 is 0 Å². The van der Waals surface area contributed by atoms with Crippen molar-refractivity contribution >= 4 is 0 Å². The van der Waals surface area contributed by atoms with E-state index in [1.54, 1.807) is 19.3 Å². The van der Waals surface area contributed by atoms with Crippen molar-refractivity contribution in [3.63, 3.8) is 0 Å². The summed E-state index contributed by atoms with van der Waals surface area (Å²) in [4.78, 5) is 2.56. The van der Waals surface area contributed by atoms with E-state index in [0.29, 0.717) is 5.54 Å². The van der Waals surface area contributed by atoms with Crippen molar-refractivity contribution in [1.29, 1.82) is 0 Å². The lowest BCUT2D eigenvalue weighted by Crippen LogP contribution is -2.62. The van der Waals surface area contributed by atoms with Crippen LogP contribution in [-0.2, 0) is 0 Å². The molecule has 0 heterocycles. The Hall–Kier alpha value is -0.0400. The van der Waals surface area contributed by atoms with Crippen LogP contribution in [0.25, 0.3) is 0 Å². The Labute approximate surface area is 87.9 Å². The summed E-state index contributed by atoms with van der Waals surface area (Å²) in [6.45, 7) is 2.52. The molecule has 0 saturated heterocycles. The average molecular weight is 193 g/mol. The molecule has 3 atom stereocenters. The van der Waals surface area contributed by atoms with E-state index in [-0.39, 0.29) is 0 Å². The summed E-state index contributed by atoms with van der Waals surface area (Å²) in [5.74, 6) is 4.16. The molecule has 4 fully saturated rings. The molecule has 1 heteroatoms. The Bertz CT molecular complexity index is 232. The van der Waals surface area contributed by atoms with Crippen LogP contribution in [0.3, 0.4) is 0 Å². The van der Waals surface area contributed by atoms with Crippen LogP contribution in [0.2, 0.25) is 0 Å². The van der Waals surface area contributed by atoms with Crippen LogP contribution in [0, 0.1) is 23.7 Å². The van der Waals surface area contributed by atoms with E-state index in [1.807, 2.05) is 0 Å². The number of nitrogens with zero attached hydrogens (tertiary/aromatic N) is 1. The first-order chi connectivity index (χ1) is 6.62. The van der Waals surface area contributed by atoms with E-state index in [0.717, 1.165) is 23.7 Å². The molecule has 4 rings (SSSR count). The molecule has 0 amide bonds. The standard InChI is InChI=1S/C13H23N/c1-9-12-5-10-4-11(6-12)8-13(9,7-10)14(2)3/h9-12H,4-8H2,1-3H3. The molecule has 80 valence electrons. The zero-order valence-electron chi connectivity index (χ0n) is 9.79. The Balaban J connectivity index is 1.97. The third kappa shape index (κ3) is 0.997. The van der Waals surface area contributed by atoms with E-state index in [1.165, 1.54) is 12.8 Å². The molecule has 14 heavy (non-hydrogen) atoms. The molecule has 4 aliphatic rings. The minimum Gasteiger partial charge on any atom is -0.303 e. The van der Waals surface area contributed by atoms with Crippen LogP contribution in [0.15, 0.2) is 0 Å². The fourth-order valence-corrected chi connectivity index (χ4v) is 5.02. The first-order valence-electron chi connectivity index (χ1n) is 6.29. The van der Waals surface area contributed by atoms with E-state index in [9.17, 15) is 0 Å². The maximum atomic E-state index is 2.56. The van der Waals surface area contributed by atoms with Gasteiger partial charge < -0.3 is 4.90 Å².